The molecule has 0 spiro atoms. The quantitative estimate of drug-likeness (QED) is 0.229. The van der Waals surface area contributed by atoms with Crippen molar-refractivity contribution >= 4 is 23.7 Å². The van der Waals surface area contributed by atoms with Gasteiger partial charge >= 0.3 is 11.9 Å². The molecule has 4 N–H and O–H groups in total. The number of hydrogen-bond donors (Lipinski definition) is 3. The highest BCUT2D eigenvalue weighted by Gasteiger charge is 2.10. The van der Waals surface area contributed by atoms with Gasteiger partial charge in [0.25, 0.3) is 5.91 Å². The number of rotatable bonds is 5. The molecule has 11 heteroatoms. The van der Waals surface area contributed by atoms with Crippen LogP contribution in [0.1, 0.15) is 43.8 Å². The average Bonchev–Trinajstić information content (AvgIpc) is 3.28. The number of nitrogens with zero attached hydrogens (tertiary/aromatic N) is 3. The fourth-order valence-electron chi connectivity index (χ4n) is 2.48. The number of amidine groups is 1. The van der Waals surface area contributed by atoms with Gasteiger partial charge in [-0.05, 0) is 44.2 Å². The zero-order chi connectivity index (χ0) is 24.4. The molecular formula is C22H24N6O5. The number of hydrazone groups is 1. The largest absolute Gasteiger partial charge is 0.465 e. The summed E-state index contributed by atoms with van der Waals surface area (Å²) in [5, 5.41) is 10.4. The van der Waals surface area contributed by atoms with E-state index in [9.17, 15) is 14.4 Å². The first-order valence-corrected chi connectivity index (χ1v) is 9.61. The number of hydrogen-bond acceptors (Lipinski definition) is 8. The van der Waals surface area contributed by atoms with Crippen LogP contribution < -0.4 is 11.2 Å². The molecule has 0 aliphatic rings. The Balaban J connectivity index is 0.000000234. The second kappa shape index (κ2) is 11.7. The summed E-state index contributed by atoms with van der Waals surface area (Å²) in [6.07, 6.45) is 0. The highest BCUT2D eigenvalue weighted by Crippen LogP contribution is 2.16. The van der Waals surface area contributed by atoms with Gasteiger partial charge in [0.05, 0.1) is 25.3 Å². The van der Waals surface area contributed by atoms with E-state index in [0.717, 1.165) is 11.4 Å². The maximum absolute atomic E-state index is 11.6. The Morgan fingerprint density at radius 3 is 2.09 bits per heavy atom. The Morgan fingerprint density at radius 1 is 0.970 bits per heavy atom. The molecule has 3 rings (SSSR count). The van der Waals surface area contributed by atoms with Crippen molar-refractivity contribution in [3.63, 3.8) is 0 Å². The summed E-state index contributed by atoms with van der Waals surface area (Å²) in [7, 11) is 2.63. The molecule has 2 aromatic carbocycles. The lowest BCUT2D eigenvalue weighted by Gasteiger charge is -2.03. The van der Waals surface area contributed by atoms with Gasteiger partial charge in [-0.25, -0.2) is 20.0 Å². The molecule has 1 heterocycles. The lowest BCUT2D eigenvalue weighted by Crippen LogP contribution is -2.21. The molecule has 0 bridgehead atoms. The van der Waals surface area contributed by atoms with Gasteiger partial charge in [-0.1, -0.05) is 18.2 Å². The van der Waals surface area contributed by atoms with Gasteiger partial charge in [0.1, 0.15) is 11.7 Å². The minimum atomic E-state index is -0.502. The summed E-state index contributed by atoms with van der Waals surface area (Å²) in [5.41, 5.74) is 9.41. The minimum Gasteiger partial charge on any atom is -0.465 e. The molecule has 172 valence electrons. The van der Waals surface area contributed by atoms with Crippen LogP contribution in [0.5, 0.6) is 0 Å². The zero-order valence-electron chi connectivity index (χ0n) is 18.6. The minimum absolute atomic E-state index is 0.238. The van der Waals surface area contributed by atoms with Crippen molar-refractivity contribution in [3.05, 3.63) is 71.0 Å². The molecule has 0 saturated heterocycles. The van der Waals surface area contributed by atoms with Crippen LogP contribution in [0, 0.1) is 6.92 Å². The number of benzene rings is 2. The summed E-state index contributed by atoms with van der Waals surface area (Å²) < 4.78 is 9.20. The number of aromatic amines is 1. The van der Waals surface area contributed by atoms with Gasteiger partial charge in [-0.3, -0.25) is 9.89 Å². The summed E-state index contributed by atoms with van der Waals surface area (Å²) in [6, 6.07) is 13.1. The predicted molar refractivity (Wildman–Crippen MR) is 120 cm³/mol. The first kappa shape index (κ1) is 24.7. The van der Waals surface area contributed by atoms with Crippen molar-refractivity contribution in [3.8, 4) is 11.4 Å². The maximum atomic E-state index is 11.6. The van der Waals surface area contributed by atoms with Crippen molar-refractivity contribution in [2.75, 3.05) is 14.2 Å². The average molecular weight is 452 g/mol. The number of carbonyl (C=O) groups excluding carboxylic acids is 3. The number of methoxy groups -OCH3 is 2. The van der Waals surface area contributed by atoms with Gasteiger partial charge in [0, 0.05) is 11.1 Å². The number of ether oxygens (including phenoxy) is 2. The van der Waals surface area contributed by atoms with Crippen LogP contribution in [-0.2, 0) is 9.47 Å². The topological polar surface area (TPSA) is 162 Å². The molecule has 33 heavy (non-hydrogen) atoms. The van der Waals surface area contributed by atoms with Crippen molar-refractivity contribution in [1.29, 1.82) is 0 Å². The van der Waals surface area contributed by atoms with Crippen LogP contribution in [-0.4, -0.2) is 53.1 Å². The second-order valence-electron chi connectivity index (χ2n) is 6.58. The molecule has 0 radical (unpaired) electrons. The maximum Gasteiger partial charge on any atom is 0.337 e. The first-order valence-electron chi connectivity index (χ1n) is 9.61. The van der Waals surface area contributed by atoms with Crippen LogP contribution in [0.15, 0.2) is 53.6 Å². The van der Waals surface area contributed by atoms with E-state index in [2.05, 4.69) is 35.2 Å². The molecule has 0 unspecified atom stereocenters. The number of aryl methyl sites for hydroxylation is 1. The lowest BCUT2D eigenvalue weighted by molar-refractivity contribution is 0.0592. The predicted octanol–water partition coefficient (Wildman–Crippen LogP) is 2.06. The van der Waals surface area contributed by atoms with Gasteiger partial charge in [-0.15, -0.1) is 0 Å². The van der Waals surface area contributed by atoms with E-state index in [1.807, 2.05) is 13.0 Å². The van der Waals surface area contributed by atoms with Crippen LogP contribution in [0.2, 0.25) is 0 Å². The van der Waals surface area contributed by atoms with E-state index < -0.39 is 11.9 Å². The van der Waals surface area contributed by atoms with Gasteiger partial charge < -0.3 is 15.2 Å². The normalized spacial score (nSPS) is 10.5. The number of aromatic nitrogens is 3. The molecular weight excluding hydrogens is 428 g/mol. The zero-order valence-corrected chi connectivity index (χ0v) is 18.6. The summed E-state index contributed by atoms with van der Waals surface area (Å²) in [4.78, 5) is 38.4. The first-order chi connectivity index (χ1) is 15.7. The number of carbonyl (C=O) groups is 3. The number of esters is 2. The highest BCUT2D eigenvalue weighted by molar-refractivity contribution is 5.98. The van der Waals surface area contributed by atoms with E-state index in [0.29, 0.717) is 22.5 Å². The fourth-order valence-corrected chi connectivity index (χ4v) is 2.48. The van der Waals surface area contributed by atoms with Crippen LogP contribution >= 0.6 is 0 Å². The summed E-state index contributed by atoms with van der Waals surface area (Å²) in [6.45, 7) is 3.37. The standard InChI is InChI=1S/C11H13N3O3.C11H11N3O2/c1-7(12)13-14-10(15)8-4-3-5-9(6-8)11(16)17-2;1-7-12-10(14-13-7)8-4-3-5-9(6-8)11(15)16-2/h3-6H,1-2H3,(H2,12,13)(H,14,15);3-6H,1-2H3,(H,12,13,14). The van der Waals surface area contributed by atoms with Crippen molar-refractivity contribution < 1.29 is 23.9 Å². The van der Waals surface area contributed by atoms with E-state index in [1.54, 1.807) is 43.3 Å². The number of H-pyrrole nitrogens is 1. The summed E-state index contributed by atoms with van der Waals surface area (Å²) in [5.74, 6) is 0.233. The lowest BCUT2D eigenvalue weighted by atomic mass is 10.1. The third kappa shape index (κ3) is 7.28. The fraction of sp³-hybridized carbons (Fsp3) is 0.182. The van der Waals surface area contributed by atoms with Gasteiger partial charge in [0.2, 0.25) is 0 Å². The van der Waals surface area contributed by atoms with E-state index in [4.69, 9.17) is 5.73 Å². The molecule has 0 atom stereocenters. The molecule has 0 saturated carbocycles. The van der Waals surface area contributed by atoms with Gasteiger partial charge in [0.15, 0.2) is 5.82 Å². The van der Waals surface area contributed by atoms with Crippen molar-refractivity contribution in [1.82, 2.24) is 20.6 Å². The van der Waals surface area contributed by atoms with Crippen molar-refractivity contribution in [2.24, 2.45) is 10.8 Å². The second-order valence-corrected chi connectivity index (χ2v) is 6.58. The number of nitrogens with two attached hydrogens (primary N) is 1. The third-order valence-electron chi connectivity index (χ3n) is 4.02. The number of nitrogens with one attached hydrogen (secondary N) is 2. The molecule has 1 amide bonds. The molecule has 1 aromatic heterocycles. The van der Waals surface area contributed by atoms with Gasteiger partial charge in [-0.2, -0.15) is 10.2 Å². The Hall–Kier alpha value is -4.54. The van der Waals surface area contributed by atoms with E-state index in [1.165, 1.54) is 20.3 Å². The smallest absolute Gasteiger partial charge is 0.337 e. The third-order valence-corrected chi connectivity index (χ3v) is 4.02. The van der Waals surface area contributed by atoms with E-state index in [-0.39, 0.29) is 11.8 Å². The molecule has 11 nitrogen and oxygen atoms in total. The van der Waals surface area contributed by atoms with Crippen LogP contribution in [0.4, 0.5) is 0 Å². The number of amides is 1. The van der Waals surface area contributed by atoms with Crippen LogP contribution in [0.3, 0.4) is 0 Å². The molecule has 3 aromatic rings. The van der Waals surface area contributed by atoms with E-state index >= 15 is 0 Å². The SMILES string of the molecule is COC(=O)c1cccc(-c2n[nH]c(C)n2)c1.COC(=O)c1cccc(C(=O)NN=C(C)N)c1. The molecule has 0 aliphatic heterocycles. The molecule has 0 fully saturated rings. The Morgan fingerprint density at radius 2 is 1.55 bits per heavy atom. The van der Waals surface area contributed by atoms with Crippen molar-refractivity contribution in [2.45, 2.75) is 13.8 Å². The summed E-state index contributed by atoms with van der Waals surface area (Å²) >= 11 is 0. The Labute approximate surface area is 190 Å². The van der Waals surface area contributed by atoms with Crippen LogP contribution in [0.25, 0.3) is 11.4 Å². The Bertz CT molecular complexity index is 1170. The monoisotopic (exact) mass is 452 g/mol. The Kier molecular flexibility index (Phi) is 8.80. The highest BCUT2D eigenvalue weighted by atomic mass is 16.5. The molecule has 0 aliphatic carbocycles.